The minimum Gasteiger partial charge on any atom is -0.321 e. The number of halogens is 2. The number of hydrogen-bond acceptors (Lipinski definition) is 3. The average Bonchev–Trinajstić information content (AvgIpc) is 2.58. The van der Waals surface area contributed by atoms with Crippen molar-refractivity contribution in [1.82, 2.24) is 4.31 Å². The molecule has 1 N–H and O–H groups in total. The van der Waals surface area contributed by atoms with Gasteiger partial charge in [0, 0.05) is 17.6 Å². The molecule has 2 aromatic rings. The van der Waals surface area contributed by atoms with Crippen LogP contribution in [0, 0.1) is 12.7 Å². The summed E-state index contributed by atoms with van der Waals surface area (Å²) in [6.07, 6.45) is 0. The fourth-order valence-electron chi connectivity index (χ4n) is 2.46. The zero-order valence-electron chi connectivity index (χ0n) is 14.7. The molecule has 0 unspecified atom stereocenters. The Morgan fingerprint density at radius 1 is 1.15 bits per heavy atom. The van der Waals surface area contributed by atoms with Crippen molar-refractivity contribution < 1.29 is 17.6 Å². The number of anilines is 1. The Morgan fingerprint density at radius 2 is 1.81 bits per heavy atom. The fourth-order valence-corrected chi connectivity index (χ4v) is 4.54. The van der Waals surface area contributed by atoms with E-state index in [1.54, 1.807) is 26.0 Å². The minimum atomic E-state index is -3.78. The zero-order valence-corrected chi connectivity index (χ0v) is 17.1. The molecule has 5 nitrogen and oxygen atoms in total. The van der Waals surface area contributed by atoms with Gasteiger partial charge in [-0.15, -0.1) is 0 Å². The van der Waals surface area contributed by atoms with E-state index in [4.69, 9.17) is 0 Å². The lowest BCUT2D eigenvalue weighted by Gasteiger charge is -2.19. The number of sulfonamides is 1. The SMILES string of the molecule is CCN(CC)S(=O)(=O)c1ccc(F)c(C(=O)Nc2ccc(C)cc2Br)c1. The Morgan fingerprint density at radius 3 is 2.38 bits per heavy atom. The quantitative estimate of drug-likeness (QED) is 0.729. The molecule has 0 bridgehead atoms. The molecule has 2 aromatic carbocycles. The van der Waals surface area contributed by atoms with Crippen LogP contribution in [0.2, 0.25) is 0 Å². The molecule has 0 atom stereocenters. The van der Waals surface area contributed by atoms with Gasteiger partial charge in [-0.1, -0.05) is 19.9 Å². The molecule has 0 fully saturated rings. The van der Waals surface area contributed by atoms with E-state index < -0.39 is 21.7 Å². The Balaban J connectivity index is 2.39. The van der Waals surface area contributed by atoms with Crippen molar-refractivity contribution in [2.45, 2.75) is 25.7 Å². The van der Waals surface area contributed by atoms with E-state index in [0.717, 1.165) is 17.7 Å². The summed E-state index contributed by atoms with van der Waals surface area (Å²) in [4.78, 5) is 12.4. The van der Waals surface area contributed by atoms with E-state index in [9.17, 15) is 17.6 Å². The lowest BCUT2D eigenvalue weighted by molar-refractivity contribution is 0.102. The molecule has 2 rings (SSSR count). The normalized spacial score (nSPS) is 11.6. The lowest BCUT2D eigenvalue weighted by Crippen LogP contribution is -2.31. The van der Waals surface area contributed by atoms with E-state index in [1.807, 2.05) is 13.0 Å². The second-order valence-electron chi connectivity index (χ2n) is 5.67. The van der Waals surface area contributed by atoms with E-state index in [-0.39, 0.29) is 23.5 Å². The third-order valence-corrected chi connectivity index (χ3v) is 6.60. The molecule has 0 aliphatic carbocycles. The number of nitrogens with zero attached hydrogens (tertiary/aromatic N) is 1. The van der Waals surface area contributed by atoms with Gasteiger partial charge in [0.15, 0.2) is 0 Å². The monoisotopic (exact) mass is 442 g/mol. The third-order valence-electron chi connectivity index (χ3n) is 3.90. The number of amides is 1. The molecule has 26 heavy (non-hydrogen) atoms. The Hall–Kier alpha value is -1.77. The van der Waals surface area contributed by atoms with Crippen LogP contribution in [0.15, 0.2) is 45.8 Å². The molecule has 0 heterocycles. The van der Waals surface area contributed by atoms with Crippen LogP contribution in [0.4, 0.5) is 10.1 Å². The van der Waals surface area contributed by atoms with Crippen LogP contribution >= 0.6 is 15.9 Å². The molecule has 0 spiro atoms. The second-order valence-corrected chi connectivity index (χ2v) is 8.46. The number of aryl methyl sites for hydroxylation is 1. The number of benzene rings is 2. The average molecular weight is 443 g/mol. The van der Waals surface area contributed by atoms with Gasteiger partial charge in [-0.3, -0.25) is 4.79 Å². The van der Waals surface area contributed by atoms with Crippen molar-refractivity contribution in [3.05, 3.63) is 57.8 Å². The van der Waals surface area contributed by atoms with Crippen LogP contribution in [-0.4, -0.2) is 31.7 Å². The highest BCUT2D eigenvalue weighted by Crippen LogP contribution is 2.25. The number of carbonyl (C=O) groups excluding carboxylic acids is 1. The van der Waals surface area contributed by atoms with Gasteiger partial charge >= 0.3 is 0 Å². The standard InChI is InChI=1S/C18H20BrFN2O3S/c1-4-22(5-2)26(24,25)13-7-8-16(20)14(11-13)18(23)21-17-9-6-12(3)10-15(17)19/h6-11H,4-5H2,1-3H3,(H,21,23). The summed E-state index contributed by atoms with van der Waals surface area (Å²) in [6.45, 7) is 5.90. The molecular formula is C18H20BrFN2O3S. The molecule has 0 aliphatic heterocycles. The predicted octanol–water partition coefficient (Wildman–Crippen LogP) is 4.18. The van der Waals surface area contributed by atoms with Gasteiger partial charge in [0.2, 0.25) is 10.0 Å². The Labute approximate surface area is 161 Å². The first kappa shape index (κ1) is 20.5. The maximum Gasteiger partial charge on any atom is 0.258 e. The summed E-state index contributed by atoms with van der Waals surface area (Å²) in [5, 5.41) is 2.60. The highest BCUT2D eigenvalue weighted by Gasteiger charge is 2.24. The van der Waals surface area contributed by atoms with Gasteiger partial charge in [0.05, 0.1) is 16.1 Å². The number of rotatable bonds is 6. The molecule has 8 heteroatoms. The number of hydrogen-bond donors (Lipinski definition) is 1. The molecule has 0 radical (unpaired) electrons. The highest BCUT2D eigenvalue weighted by atomic mass is 79.9. The zero-order chi connectivity index (χ0) is 19.5. The molecule has 0 aliphatic rings. The summed E-state index contributed by atoms with van der Waals surface area (Å²) in [5.74, 6) is -1.51. The van der Waals surface area contributed by atoms with Crippen molar-refractivity contribution in [1.29, 1.82) is 0 Å². The van der Waals surface area contributed by atoms with Gasteiger partial charge in [0.25, 0.3) is 5.91 Å². The predicted molar refractivity (Wildman–Crippen MR) is 103 cm³/mol. The summed E-state index contributed by atoms with van der Waals surface area (Å²) < 4.78 is 41.2. The number of carbonyl (C=O) groups is 1. The summed E-state index contributed by atoms with van der Waals surface area (Å²) in [5.41, 5.74) is 1.14. The maximum absolute atomic E-state index is 14.2. The van der Waals surface area contributed by atoms with Gasteiger partial charge in [-0.2, -0.15) is 4.31 Å². The van der Waals surface area contributed by atoms with Gasteiger partial charge in [0.1, 0.15) is 5.82 Å². The lowest BCUT2D eigenvalue weighted by atomic mass is 10.2. The molecule has 1 amide bonds. The summed E-state index contributed by atoms with van der Waals surface area (Å²) >= 11 is 3.34. The topological polar surface area (TPSA) is 66.5 Å². The largest absolute Gasteiger partial charge is 0.321 e. The van der Waals surface area contributed by atoms with Crippen LogP contribution in [0.3, 0.4) is 0 Å². The Bertz CT molecular complexity index is 928. The Kier molecular flexibility index (Phi) is 6.54. The highest BCUT2D eigenvalue weighted by molar-refractivity contribution is 9.10. The van der Waals surface area contributed by atoms with E-state index in [0.29, 0.717) is 10.2 Å². The van der Waals surface area contributed by atoms with E-state index in [2.05, 4.69) is 21.2 Å². The van der Waals surface area contributed by atoms with Crippen molar-refractivity contribution in [3.8, 4) is 0 Å². The van der Waals surface area contributed by atoms with Crippen molar-refractivity contribution in [2.75, 3.05) is 18.4 Å². The van der Waals surface area contributed by atoms with Crippen LogP contribution in [0.25, 0.3) is 0 Å². The van der Waals surface area contributed by atoms with Crippen LogP contribution in [-0.2, 0) is 10.0 Å². The van der Waals surface area contributed by atoms with Gasteiger partial charge in [-0.05, 0) is 58.7 Å². The smallest absolute Gasteiger partial charge is 0.258 e. The van der Waals surface area contributed by atoms with E-state index in [1.165, 1.54) is 10.4 Å². The molecule has 0 saturated carbocycles. The van der Waals surface area contributed by atoms with Crippen molar-refractivity contribution in [2.24, 2.45) is 0 Å². The van der Waals surface area contributed by atoms with Crippen LogP contribution in [0.5, 0.6) is 0 Å². The maximum atomic E-state index is 14.2. The second kappa shape index (κ2) is 8.28. The fraction of sp³-hybridized carbons (Fsp3) is 0.278. The van der Waals surface area contributed by atoms with Crippen LogP contribution in [0.1, 0.15) is 29.8 Å². The van der Waals surface area contributed by atoms with Crippen molar-refractivity contribution >= 4 is 37.5 Å². The van der Waals surface area contributed by atoms with Gasteiger partial charge in [-0.25, -0.2) is 12.8 Å². The first-order chi connectivity index (χ1) is 12.2. The molecule has 0 aromatic heterocycles. The number of nitrogens with one attached hydrogen (secondary N) is 1. The minimum absolute atomic E-state index is 0.115. The van der Waals surface area contributed by atoms with Gasteiger partial charge < -0.3 is 5.32 Å². The molecule has 140 valence electrons. The summed E-state index contributed by atoms with van der Waals surface area (Å²) in [7, 11) is -3.78. The van der Waals surface area contributed by atoms with Crippen molar-refractivity contribution in [3.63, 3.8) is 0 Å². The first-order valence-corrected chi connectivity index (χ1v) is 10.3. The van der Waals surface area contributed by atoms with E-state index >= 15 is 0 Å². The summed E-state index contributed by atoms with van der Waals surface area (Å²) in [6, 6.07) is 8.54. The van der Waals surface area contributed by atoms with Crippen LogP contribution < -0.4 is 5.32 Å². The third kappa shape index (κ3) is 4.31. The molecule has 0 saturated heterocycles. The molecular weight excluding hydrogens is 423 g/mol. The first-order valence-electron chi connectivity index (χ1n) is 8.07.